The number of rotatable bonds is 8. The molecule has 3 aromatic carbocycles. The Morgan fingerprint density at radius 2 is 1.59 bits per heavy atom. The number of amides is 2. The Morgan fingerprint density at radius 1 is 0.912 bits per heavy atom. The molecule has 0 spiro atoms. The number of nitrogens with one attached hydrogen (secondary N) is 1. The Bertz CT molecular complexity index is 1250. The lowest BCUT2D eigenvalue weighted by atomic mass is 10.2. The van der Waals surface area contributed by atoms with E-state index < -0.39 is 17.8 Å². The number of thioether (sulfide) groups is 1. The Kier molecular flexibility index (Phi) is 7.13. The van der Waals surface area contributed by atoms with Crippen LogP contribution < -0.4 is 10.2 Å². The first-order valence-corrected chi connectivity index (χ1v) is 11.8. The molecule has 6 nitrogen and oxygen atoms in total. The van der Waals surface area contributed by atoms with Crippen LogP contribution in [-0.4, -0.2) is 24.4 Å². The van der Waals surface area contributed by atoms with E-state index in [1.54, 1.807) is 24.3 Å². The zero-order valence-corrected chi connectivity index (χ0v) is 19.7. The molecule has 172 valence electrons. The van der Waals surface area contributed by atoms with Crippen molar-refractivity contribution in [3.63, 3.8) is 0 Å². The number of benzene rings is 3. The zero-order valence-electron chi connectivity index (χ0n) is 18.9. The highest BCUT2D eigenvalue weighted by molar-refractivity contribution is 8.04. The highest BCUT2D eigenvalue weighted by Crippen LogP contribution is 2.38. The second kappa shape index (κ2) is 10.4. The van der Waals surface area contributed by atoms with Crippen molar-refractivity contribution in [3.8, 4) is 0 Å². The van der Waals surface area contributed by atoms with Crippen LogP contribution >= 0.6 is 11.8 Å². The quantitative estimate of drug-likeness (QED) is 0.342. The highest BCUT2D eigenvalue weighted by Gasteiger charge is 2.40. The van der Waals surface area contributed by atoms with Gasteiger partial charge in [-0.1, -0.05) is 55.1 Å². The largest absolute Gasteiger partial charge is 0.462 e. The molecule has 2 amide bonds. The van der Waals surface area contributed by atoms with Gasteiger partial charge in [-0.2, -0.15) is 0 Å². The van der Waals surface area contributed by atoms with Crippen LogP contribution in [0.25, 0.3) is 0 Å². The summed E-state index contributed by atoms with van der Waals surface area (Å²) in [7, 11) is 0. The van der Waals surface area contributed by atoms with Gasteiger partial charge < -0.3 is 10.1 Å². The fourth-order valence-corrected chi connectivity index (χ4v) is 4.38. The number of anilines is 2. The van der Waals surface area contributed by atoms with E-state index in [4.69, 9.17) is 4.74 Å². The van der Waals surface area contributed by atoms with Crippen LogP contribution in [0.2, 0.25) is 0 Å². The van der Waals surface area contributed by atoms with Crippen molar-refractivity contribution < 1.29 is 19.1 Å². The van der Waals surface area contributed by atoms with Crippen molar-refractivity contribution in [2.75, 3.05) is 16.8 Å². The van der Waals surface area contributed by atoms with Gasteiger partial charge in [-0.25, -0.2) is 9.69 Å². The molecule has 1 N–H and O–H groups in total. The zero-order chi connectivity index (χ0) is 24.1. The average Bonchev–Trinajstić information content (AvgIpc) is 3.08. The molecule has 3 aromatic rings. The topological polar surface area (TPSA) is 75.7 Å². The number of para-hydroxylation sites is 1. The SMILES string of the molecule is CCCOC(=O)c1ccc(N2C(=O)C(Nc3ccccc3C)=C(Sc3ccccc3)C2=O)cc1. The average molecular weight is 473 g/mol. The summed E-state index contributed by atoms with van der Waals surface area (Å²) in [5.41, 5.74) is 2.67. The lowest BCUT2D eigenvalue weighted by molar-refractivity contribution is -0.120. The lowest BCUT2D eigenvalue weighted by Crippen LogP contribution is -2.32. The van der Waals surface area contributed by atoms with E-state index in [1.165, 1.54) is 11.8 Å². The van der Waals surface area contributed by atoms with Gasteiger partial charge in [0.2, 0.25) is 0 Å². The molecule has 7 heteroatoms. The molecule has 0 unspecified atom stereocenters. The van der Waals surface area contributed by atoms with Crippen LogP contribution in [0.15, 0.2) is 94.4 Å². The summed E-state index contributed by atoms with van der Waals surface area (Å²) in [5, 5.41) is 3.18. The smallest absolute Gasteiger partial charge is 0.338 e. The van der Waals surface area contributed by atoms with Crippen LogP contribution in [-0.2, 0) is 14.3 Å². The Balaban J connectivity index is 1.66. The fraction of sp³-hybridized carbons (Fsp3) is 0.148. The summed E-state index contributed by atoms with van der Waals surface area (Å²) in [5.74, 6) is -1.31. The minimum absolute atomic E-state index is 0.222. The molecule has 1 aliphatic rings. The number of hydrogen-bond donors (Lipinski definition) is 1. The Morgan fingerprint density at radius 3 is 2.26 bits per heavy atom. The van der Waals surface area contributed by atoms with Crippen LogP contribution in [0.1, 0.15) is 29.3 Å². The maximum Gasteiger partial charge on any atom is 0.338 e. The predicted octanol–water partition coefficient (Wildman–Crippen LogP) is 5.55. The Hall–Kier alpha value is -3.84. The molecule has 0 saturated carbocycles. The number of hydrogen-bond acceptors (Lipinski definition) is 6. The van der Waals surface area contributed by atoms with Gasteiger partial charge in [0.25, 0.3) is 11.8 Å². The third-order valence-corrected chi connectivity index (χ3v) is 6.30. The van der Waals surface area contributed by atoms with Crippen molar-refractivity contribution in [3.05, 3.63) is 101 Å². The van der Waals surface area contributed by atoms with Crippen LogP contribution in [0.4, 0.5) is 11.4 Å². The van der Waals surface area contributed by atoms with Crippen molar-refractivity contribution in [1.82, 2.24) is 0 Å². The lowest BCUT2D eigenvalue weighted by Gasteiger charge is -2.16. The predicted molar refractivity (Wildman–Crippen MR) is 134 cm³/mol. The minimum atomic E-state index is -0.451. The van der Waals surface area contributed by atoms with Gasteiger partial charge in [-0.15, -0.1) is 0 Å². The number of esters is 1. The molecule has 34 heavy (non-hydrogen) atoms. The van der Waals surface area contributed by atoms with E-state index in [-0.39, 0.29) is 5.70 Å². The number of aryl methyl sites for hydroxylation is 1. The number of nitrogens with zero attached hydrogens (tertiary/aromatic N) is 1. The summed E-state index contributed by atoms with van der Waals surface area (Å²) in [4.78, 5) is 41.3. The maximum absolute atomic E-state index is 13.5. The van der Waals surface area contributed by atoms with Crippen molar-refractivity contribution in [1.29, 1.82) is 0 Å². The van der Waals surface area contributed by atoms with E-state index in [0.717, 1.165) is 27.5 Å². The first-order chi connectivity index (χ1) is 16.5. The third kappa shape index (κ3) is 4.89. The molecule has 0 saturated heterocycles. The highest BCUT2D eigenvalue weighted by atomic mass is 32.2. The third-order valence-electron chi connectivity index (χ3n) is 5.21. The molecule has 0 aliphatic carbocycles. The summed E-state index contributed by atoms with van der Waals surface area (Å²) >= 11 is 1.24. The van der Waals surface area contributed by atoms with Gasteiger partial charge in [0, 0.05) is 10.6 Å². The molecule has 0 fully saturated rings. The number of ether oxygens (including phenoxy) is 1. The summed E-state index contributed by atoms with van der Waals surface area (Å²) in [6, 6.07) is 23.3. The molecule has 0 atom stereocenters. The van der Waals surface area contributed by atoms with Gasteiger partial charge >= 0.3 is 5.97 Å². The monoisotopic (exact) mass is 472 g/mol. The van der Waals surface area contributed by atoms with Crippen molar-refractivity contribution >= 4 is 40.9 Å². The summed E-state index contributed by atoms with van der Waals surface area (Å²) in [6.07, 6.45) is 0.727. The van der Waals surface area contributed by atoms with E-state index in [2.05, 4.69) is 5.32 Å². The van der Waals surface area contributed by atoms with Gasteiger partial charge in [0.1, 0.15) is 10.6 Å². The van der Waals surface area contributed by atoms with Crippen LogP contribution in [0, 0.1) is 6.92 Å². The molecule has 1 aliphatic heterocycles. The van der Waals surface area contributed by atoms with Gasteiger partial charge in [-0.3, -0.25) is 9.59 Å². The molecule has 1 heterocycles. The first kappa shape index (κ1) is 23.3. The van der Waals surface area contributed by atoms with E-state index in [0.29, 0.717) is 22.8 Å². The van der Waals surface area contributed by atoms with E-state index in [1.807, 2.05) is 68.4 Å². The second-order valence-corrected chi connectivity index (χ2v) is 8.77. The van der Waals surface area contributed by atoms with Crippen molar-refractivity contribution in [2.24, 2.45) is 0 Å². The minimum Gasteiger partial charge on any atom is -0.462 e. The van der Waals surface area contributed by atoms with Gasteiger partial charge in [0.05, 0.1) is 17.9 Å². The molecule has 0 bridgehead atoms. The normalized spacial score (nSPS) is 13.4. The van der Waals surface area contributed by atoms with Crippen LogP contribution in [0.5, 0.6) is 0 Å². The fourth-order valence-electron chi connectivity index (χ4n) is 3.43. The van der Waals surface area contributed by atoms with Crippen molar-refractivity contribution in [2.45, 2.75) is 25.2 Å². The van der Waals surface area contributed by atoms with Crippen LogP contribution in [0.3, 0.4) is 0 Å². The van der Waals surface area contributed by atoms with E-state index in [9.17, 15) is 14.4 Å². The second-order valence-electron chi connectivity index (χ2n) is 7.69. The van der Waals surface area contributed by atoms with E-state index >= 15 is 0 Å². The summed E-state index contributed by atoms with van der Waals surface area (Å²) < 4.78 is 5.15. The molecule has 4 rings (SSSR count). The number of carbonyl (C=O) groups is 3. The Labute approximate surface area is 202 Å². The van der Waals surface area contributed by atoms with Gasteiger partial charge in [0.15, 0.2) is 0 Å². The maximum atomic E-state index is 13.5. The summed E-state index contributed by atoms with van der Waals surface area (Å²) in [6.45, 7) is 4.19. The molecule has 0 aromatic heterocycles. The molecule has 0 radical (unpaired) electrons. The number of carbonyl (C=O) groups excluding carboxylic acids is 3. The number of imide groups is 1. The van der Waals surface area contributed by atoms with Gasteiger partial charge in [-0.05, 0) is 61.4 Å². The molecular weight excluding hydrogens is 448 g/mol. The standard InChI is InChI=1S/C27H24N2O4S/c1-3-17-33-27(32)19-13-15-20(16-14-19)29-25(30)23(28-22-12-8-7-9-18(22)2)24(26(29)31)34-21-10-5-4-6-11-21/h4-16,28H,3,17H2,1-2H3. The molecular formula is C27H24N2O4S. The first-order valence-electron chi connectivity index (χ1n) is 11.0.